The second-order valence-electron chi connectivity index (χ2n) is 4.84. The second kappa shape index (κ2) is 8.72. The first-order valence-corrected chi connectivity index (χ1v) is 9.26. The molecule has 0 heterocycles. The summed E-state index contributed by atoms with van der Waals surface area (Å²) in [6, 6.07) is 0. The fourth-order valence-electron chi connectivity index (χ4n) is 1.84. The van der Waals surface area contributed by atoms with Gasteiger partial charge >= 0.3 is 15.4 Å². The lowest BCUT2D eigenvalue weighted by molar-refractivity contribution is 0.179. The molecule has 9 nitrogen and oxygen atoms in total. The summed E-state index contributed by atoms with van der Waals surface area (Å²) >= 11 is 0. The smallest absolute Gasteiger partial charge is 0.309 e. The van der Waals surface area contributed by atoms with Crippen molar-refractivity contribution < 1.29 is 22.7 Å². The molecule has 0 aromatic carbocycles. The van der Waals surface area contributed by atoms with Crippen molar-refractivity contribution in [2.75, 3.05) is 69.9 Å². The minimum Gasteiger partial charge on any atom is -0.309 e. The Bertz CT molecular complexity index is 401. The van der Waals surface area contributed by atoms with Gasteiger partial charge in [0.15, 0.2) is 0 Å². The molecule has 0 saturated heterocycles. The Morgan fingerprint density at radius 3 is 1.48 bits per heavy atom. The lowest BCUT2D eigenvalue weighted by Gasteiger charge is -2.36. The average Bonchev–Trinajstić information content (AvgIpc) is 2.44. The maximum Gasteiger partial charge on any atom is 0.408 e. The molecule has 0 radical (unpaired) electrons. The summed E-state index contributed by atoms with van der Waals surface area (Å²) in [5.41, 5.74) is 0. The van der Waals surface area contributed by atoms with E-state index >= 15 is 0 Å². The minimum absolute atomic E-state index is 0.0852. The molecular formula is C10H28N4O5P2. The van der Waals surface area contributed by atoms with Gasteiger partial charge in [-0.3, -0.25) is 18.5 Å². The Labute approximate surface area is 127 Å². The van der Waals surface area contributed by atoms with Crippen LogP contribution < -0.4 is 0 Å². The summed E-state index contributed by atoms with van der Waals surface area (Å²) in [7, 11) is 6.01. The molecule has 1 atom stereocenters. The topological polar surface area (TPSA) is 74.8 Å². The molecule has 0 aromatic rings. The van der Waals surface area contributed by atoms with Crippen LogP contribution in [-0.4, -0.2) is 88.8 Å². The predicted molar refractivity (Wildman–Crippen MR) is 83.0 cm³/mol. The number of hydrogen-bond acceptors (Lipinski definition) is 6. The van der Waals surface area contributed by atoms with E-state index in [2.05, 4.69) is 0 Å². The molecule has 0 aromatic heterocycles. The van der Waals surface area contributed by atoms with E-state index in [1.165, 1.54) is 30.7 Å². The largest absolute Gasteiger partial charge is 0.408 e. The third-order valence-corrected chi connectivity index (χ3v) is 7.22. The first-order chi connectivity index (χ1) is 9.57. The van der Waals surface area contributed by atoms with Crippen molar-refractivity contribution >= 4 is 15.4 Å². The van der Waals surface area contributed by atoms with Gasteiger partial charge in [-0.25, -0.2) is 13.9 Å². The third-order valence-electron chi connectivity index (χ3n) is 2.88. The normalized spacial score (nSPS) is 16.2. The van der Waals surface area contributed by atoms with Crippen LogP contribution in [0.1, 0.15) is 0 Å². The zero-order chi connectivity index (χ0) is 16.8. The van der Waals surface area contributed by atoms with Crippen LogP contribution in [0, 0.1) is 0 Å². The van der Waals surface area contributed by atoms with Crippen molar-refractivity contribution in [1.82, 2.24) is 18.9 Å². The molecule has 0 bridgehead atoms. The Morgan fingerprint density at radius 1 is 0.714 bits per heavy atom. The number of nitrogens with zero attached hydrogens (tertiary/aromatic N) is 4. The second-order valence-corrected chi connectivity index (χ2v) is 9.90. The summed E-state index contributed by atoms with van der Waals surface area (Å²) in [6.07, 6.45) is 0. The highest BCUT2D eigenvalue weighted by Crippen LogP contribution is 2.55. The highest BCUT2D eigenvalue weighted by atomic mass is 31.2. The molecule has 0 saturated carbocycles. The van der Waals surface area contributed by atoms with Crippen LogP contribution in [0.3, 0.4) is 0 Å². The van der Waals surface area contributed by atoms with E-state index in [0.717, 1.165) is 0 Å². The van der Waals surface area contributed by atoms with E-state index in [9.17, 15) is 9.13 Å². The van der Waals surface area contributed by atoms with Gasteiger partial charge in [-0.05, 0) is 35.2 Å². The van der Waals surface area contributed by atoms with E-state index < -0.39 is 15.4 Å². The van der Waals surface area contributed by atoms with Crippen LogP contribution in [0.4, 0.5) is 0 Å². The molecule has 0 N–H and O–H groups in total. The van der Waals surface area contributed by atoms with Gasteiger partial charge in [0.2, 0.25) is 0 Å². The summed E-state index contributed by atoms with van der Waals surface area (Å²) in [6.45, 7) is 0.535. The zero-order valence-corrected chi connectivity index (χ0v) is 15.9. The van der Waals surface area contributed by atoms with E-state index in [0.29, 0.717) is 6.67 Å². The molecule has 21 heavy (non-hydrogen) atoms. The van der Waals surface area contributed by atoms with Crippen molar-refractivity contribution in [3.63, 3.8) is 0 Å². The highest BCUT2D eigenvalue weighted by Gasteiger charge is 2.37. The van der Waals surface area contributed by atoms with Crippen molar-refractivity contribution in [3.05, 3.63) is 0 Å². The van der Waals surface area contributed by atoms with E-state index in [1.54, 1.807) is 25.8 Å². The molecule has 128 valence electrons. The van der Waals surface area contributed by atoms with Crippen LogP contribution in [0.25, 0.3) is 0 Å². The van der Waals surface area contributed by atoms with Gasteiger partial charge in [0.25, 0.3) is 0 Å². The molecule has 1 unspecified atom stereocenters. The minimum atomic E-state index is -3.38. The summed E-state index contributed by atoms with van der Waals surface area (Å²) in [5, 5.41) is 0. The van der Waals surface area contributed by atoms with Crippen LogP contribution in [0.15, 0.2) is 0 Å². The lowest BCUT2D eigenvalue weighted by Crippen LogP contribution is -2.37. The predicted octanol–water partition coefficient (Wildman–Crippen LogP) is 1.41. The Kier molecular flexibility index (Phi) is 8.79. The summed E-state index contributed by atoms with van der Waals surface area (Å²) < 4.78 is 44.7. The molecule has 0 fully saturated rings. The Balaban J connectivity index is 5.07. The first kappa shape index (κ1) is 21.2. The number of hydrogen-bond donors (Lipinski definition) is 0. The fraction of sp³-hybridized carbons (Fsp3) is 1.00. The van der Waals surface area contributed by atoms with Crippen molar-refractivity contribution in [2.45, 2.75) is 0 Å². The highest BCUT2D eigenvalue weighted by molar-refractivity contribution is 7.54. The van der Waals surface area contributed by atoms with Gasteiger partial charge in [0.1, 0.15) is 0 Å². The molecule has 0 aliphatic carbocycles. The van der Waals surface area contributed by atoms with Crippen LogP contribution in [0.2, 0.25) is 0 Å². The summed E-state index contributed by atoms with van der Waals surface area (Å²) in [5.74, 6) is 0. The molecule has 0 aliphatic heterocycles. The molecule has 0 spiro atoms. The van der Waals surface area contributed by atoms with Gasteiger partial charge < -0.3 is 4.52 Å². The van der Waals surface area contributed by atoms with Gasteiger partial charge in [-0.2, -0.15) is 4.67 Å². The van der Waals surface area contributed by atoms with E-state index in [1.807, 2.05) is 19.0 Å². The number of rotatable bonds is 10. The molecule has 11 heteroatoms. The molecule has 0 amide bonds. The van der Waals surface area contributed by atoms with Crippen LogP contribution in [0.5, 0.6) is 0 Å². The molecule has 0 aliphatic rings. The van der Waals surface area contributed by atoms with Gasteiger partial charge in [0, 0.05) is 21.3 Å². The van der Waals surface area contributed by atoms with Crippen molar-refractivity contribution in [1.29, 1.82) is 0 Å². The fourth-order valence-corrected chi connectivity index (χ4v) is 4.83. The third kappa shape index (κ3) is 5.39. The monoisotopic (exact) mass is 346 g/mol. The van der Waals surface area contributed by atoms with Gasteiger partial charge in [-0.1, -0.05) is 0 Å². The van der Waals surface area contributed by atoms with Crippen molar-refractivity contribution in [3.8, 4) is 0 Å². The quantitative estimate of drug-likeness (QED) is 0.431. The summed E-state index contributed by atoms with van der Waals surface area (Å²) in [4.78, 5) is 1.87. The maximum absolute atomic E-state index is 13.0. The van der Waals surface area contributed by atoms with Gasteiger partial charge in [0.05, 0.1) is 13.3 Å². The van der Waals surface area contributed by atoms with E-state index in [4.69, 9.17) is 13.6 Å². The van der Waals surface area contributed by atoms with Gasteiger partial charge in [-0.15, -0.1) is 0 Å². The Hall–Kier alpha value is 0.180. The van der Waals surface area contributed by atoms with Crippen LogP contribution in [-0.2, 0) is 22.7 Å². The Morgan fingerprint density at radius 2 is 1.14 bits per heavy atom. The van der Waals surface area contributed by atoms with Crippen LogP contribution >= 0.6 is 15.4 Å². The maximum atomic E-state index is 13.0. The lowest BCUT2D eigenvalue weighted by atomic mass is 10.9. The molecular weight excluding hydrogens is 318 g/mol. The zero-order valence-electron chi connectivity index (χ0n) is 14.1. The molecule has 0 rings (SSSR count). The average molecular weight is 346 g/mol. The van der Waals surface area contributed by atoms with Crippen molar-refractivity contribution in [2.24, 2.45) is 0 Å². The SMILES string of the molecule is COP(=O)(OC)N(C)CN(C)P(=O)(OC)N(C)CN(C)C. The van der Waals surface area contributed by atoms with E-state index in [-0.39, 0.29) is 6.67 Å². The first-order valence-electron chi connectivity index (χ1n) is 6.24. The standard InChI is InChI=1S/C10H28N4O5P2/c1-11(2)9-12(3)20(15,17-6)13(4)10-14(5)21(16,18-7)19-8/h9-10H2,1-8H3.